The van der Waals surface area contributed by atoms with Crippen molar-refractivity contribution < 1.29 is 4.74 Å². The number of rotatable bonds is 2. The van der Waals surface area contributed by atoms with Crippen LogP contribution in [-0.4, -0.2) is 22.1 Å². The molecular formula is C14H12N4O. The van der Waals surface area contributed by atoms with Crippen LogP contribution in [0.5, 0.6) is 5.88 Å². The topological polar surface area (TPSA) is 73.9 Å². The molecule has 5 heteroatoms. The van der Waals surface area contributed by atoms with Crippen molar-refractivity contribution in [2.24, 2.45) is 0 Å². The largest absolute Gasteiger partial charge is 0.481 e. The van der Waals surface area contributed by atoms with Crippen molar-refractivity contribution in [2.75, 3.05) is 12.8 Å². The summed E-state index contributed by atoms with van der Waals surface area (Å²) in [5.74, 6) is 0.946. The maximum atomic E-state index is 5.96. The van der Waals surface area contributed by atoms with Crippen LogP contribution in [-0.2, 0) is 0 Å². The van der Waals surface area contributed by atoms with Crippen LogP contribution in [0.25, 0.3) is 22.3 Å². The molecule has 1 aromatic carbocycles. The Labute approximate surface area is 110 Å². The average molecular weight is 252 g/mol. The molecule has 5 nitrogen and oxygen atoms in total. The van der Waals surface area contributed by atoms with Gasteiger partial charge >= 0.3 is 0 Å². The van der Waals surface area contributed by atoms with Crippen molar-refractivity contribution in [1.29, 1.82) is 0 Å². The van der Waals surface area contributed by atoms with Gasteiger partial charge in [0.2, 0.25) is 5.88 Å². The van der Waals surface area contributed by atoms with Crippen molar-refractivity contribution in [2.45, 2.75) is 0 Å². The van der Waals surface area contributed by atoms with Gasteiger partial charge < -0.3 is 10.5 Å². The molecule has 2 N–H and O–H groups in total. The molecular weight excluding hydrogens is 240 g/mol. The summed E-state index contributed by atoms with van der Waals surface area (Å²) in [7, 11) is 1.58. The van der Waals surface area contributed by atoms with E-state index in [1.54, 1.807) is 19.4 Å². The predicted molar refractivity (Wildman–Crippen MR) is 73.7 cm³/mol. The molecule has 19 heavy (non-hydrogen) atoms. The van der Waals surface area contributed by atoms with Gasteiger partial charge in [0.15, 0.2) is 5.82 Å². The van der Waals surface area contributed by atoms with E-state index in [4.69, 9.17) is 10.5 Å². The number of fused-ring (bicyclic) bond motifs is 1. The molecule has 0 bridgehead atoms. The standard InChI is InChI=1S/C14H12N4O/c1-19-12-7-6-9(8-16-12)13-14(15)18-11-5-3-2-4-10(11)17-13/h2-8H,1H3,(H2,15,18). The average Bonchev–Trinajstić information content (AvgIpc) is 2.47. The number of nitrogen functional groups attached to an aromatic ring is 1. The lowest BCUT2D eigenvalue weighted by Gasteiger charge is -2.06. The van der Waals surface area contributed by atoms with Crippen molar-refractivity contribution in [3.05, 3.63) is 42.6 Å². The Kier molecular flexibility index (Phi) is 2.72. The molecule has 0 saturated heterocycles. The monoisotopic (exact) mass is 252 g/mol. The van der Waals surface area contributed by atoms with Crippen molar-refractivity contribution in [1.82, 2.24) is 15.0 Å². The maximum absolute atomic E-state index is 5.96. The minimum Gasteiger partial charge on any atom is -0.481 e. The van der Waals surface area contributed by atoms with Gasteiger partial charge in [0, 0.05) is 17.8 Å². The molecule has 0 atom stereocenters. The number of ether oxygens (including phenoxy) is 1. The molecule has 0 spiro atoms. The first-order valence-electron chi connectivity index (χ1n) is 5.80. The second kappa shape index (κ2) is 4.53. The first kappa shape index (κ1) is 11.4. The molecule has 0 saturated carbocycles. The number of hydrogen-bond donors (Lipinski definition) is 1. The molecule has 3 rings (SSSR count). The van der Waals surface area contributed by atoms with Gasteiger partial charge in [-0.15, -0.1) is 0 Å². The maximum Gasteiger partial charge on any atom is 0.212 e. The quantitative estimate of drug-likeness (QED) is 0.757. The highest BCUT2D eigenvalue weighted by Gasteiger charge is 2.08. The van der Waals surface area contributed by atoms with Crippen LogP contribution in [0.3, 0.4) is 0 Å². The number of pyridine rings is 1. The molecule has 0 aliphatic rings. The molecule has 0 radical (unpaired) electrons. The predicted octanol–water partition coefficient (Wildman–Crippen LogP) is 2.28. The van der Waals surface area contributed by atoms with Crippen molar-refractivity contribution in [3.63, 3.8) is 0 Å². The zero-order chi connectivity index (χ0) is 13.2. The number of hydrogen-bond acceptors (Lipinski definition) is 5. The summed E-state index contributed by atoms with van der Waals surface area (Å²) >= 11 is 0. The molecule has 0 aliphatic carbocycles. The molecule has 0 fully saturated rings. The van der Waals surface area contributed by atoms with Gasteiger partial charge in [-0.2, -0.15) is 0 Å². The Balaban J connectivity index is 2.15. The second-order valence-corrected chi connectivity index (χ2v) is 4.04. The van der Waals surface area contributed by atoms with Crippen molar-refractivity contribution >= 4 is 16.9 Å². The Bertz CT molecular complexity index is 725. The van der Waals surface area contributed by atoms with E-state index < -0.39 is 0 Å². The van der Waals surface area contributed by atoms with E-state index in [-0.39, 0.29) is 0 Å². The van der Waals surface area contributed by atoms with Gasteiger partial charge in [-0.3, -0.25) is 0 Å². The third-order valence-electron chi connectivity index (χ3n) is 2.82. The van der Waals surface area contributed by atoms with E-state index in [9.17, 15) is 0 Å². The van der Waals surface area contributed by atoms with Crippen LogP contribution in [0, 0.1) is 0 Å². The smallest absolute Gasteiger partial charge is 0.212 e. The minimum absolute atomic E-state index is 0.394. The van der Waals surface area contributed by atoms with Gasteiger partial charge in [0.1, 0.15) is 5.69 Å². The summed E-state index contributed by atoms with van der Waals surface area (Å²) in [5.41, 5.74) is 9.00. The number of methoxy groups -OCH3 is 1. The number of para-hydroxylation sites is 2. The number of nitrogens with zero attached hydrogens (tertiary/aromatic N) is 3. The Morgan fingerprint density at radius 3 is 2.37 bits per heavy atom. The summed E-state index contributed by atoms with van der Waals surface area (Å²) in [6.07, 6.45) is 1.67. The summed E-state index contributed by atoms with van der Waals surface area (Å²) in [6.45, 7) is 0. The van der Waals surface area contributed by atoms with Crippen LogP contribution in [0.4, 0.5) is 5.82 Å². The molecule has 2 aromatic heterocycles. The van der Waals surface area contributed by atoms with Crippen LogP contribution < -0.4 is 10.5 Å². The number of aromatic nitrogens is 3. The normalized spacial score (nSPS) is 10.6. The highest BCUT2D eigenvalue weighted by atomic mass is 16.5. The SMILES string of the molecule is COc1ccc(-c2nc3ccccc3nc2N)cn1. The fourth-order valence-corrected chi connectivity index (χ4v) is 1.87. The molecule has 2 heterocycles. The fourth-order valence-electron chi connectivity index (χ4n) is 1.87. The lowest BCUT2D eigenvalue weighted by atomic mass is 10.2. The number of benzene rings is 1. The second-order valence-electron chi connectivity index (χ2n) is 4.04. The first-order chi connectivity index (χ1) is 9.28. The molecule has 94 valence electrons. The van der Waals surface area contributed by atoms with E-state index in [2.05, 4.69) is 15.0 Å². The third-order valence-corrected chi connectivity index (χ3v) is 2.82. The summed E-state index contributed by atoms with van der Waals surface area (Å²) < 4.78 is 5.03. The lowest BCUT2D eigenvalue weighted by Crippen LogP contribution is -1.99. The first-order valence-corrected chi connectivity index (χ1v) is 5.80. The molecule has 0 unspecified atom stereocenters. The minimum atomic E-state index is 0.394. The van der Waals surface area contributed by atoms with E-state index >= 15 is 0 Å². The zero-order valence-electron chi connectivity index (χ0n) is 10.4. The Hall–Kier alpha value is -2.69. The van der Waals surface area contributed by atoms with Gasteiger partial charge in [-0.05, 0) is 18.2 Å². The van der Waals surface area contributed by atoms with E-state index in [1.165, 1.54) is 0 Å². The summed E-state index contributed by atoms with van der Waals surface area (Å²) in [4.78, 5) is 13.0. The Morgan fingerprint density at radius 2 is 1.74 bits per heavy atom. The van der Waals surface area contributed by atoms with Crippen molar-refractivity contribution in [3.8, 4) is 17.1 Å². The highest BCUT2D eigenvalue weighted by Crippen LogP contribution is 2.25. The zero-order valence-corrected chi connectivity index (χ0v) is 10.4. The van der Waals surface area contributed by atoms with Gasteiger partial charge in [-0.1, -0.05) is 12.1 Å². The van der Waals surface area contributed by atoms with Crippen LogP contribution in [0.1, 0.15) is 0 Å². The molecule has 3 aromatic rings. The van der Waals surface area contributed by atoms with Crippen LogP contribution in [0.15, 0.2) is 42.6 Å². The van der Waals surface area contributed by atoms with Crippen LogP contribution in [0.2, 0.25) is 0 Å². The summed E-state index contributed by atoms with van der Waals surface area (Å²) in [6, 6.07) is 11.2. The van der Waals surface area contributed by atoms with E-state index in [0.29, 0.717) is 17.4 Å². The van der Waals surface area contributed by atoms with Crippen LogP contribution >= 0.6 is 0 Å². The lowest BCUT2D eigenvalue weighted by molar-refractivity contribution is 0.398. The van der Waals surface area contributed by atoms with E-state index in [0.717, 1.165) is 16.6 Å². The molecule has 0 amide bonds. The number of nitrogens with two attached hydrogens (primary N) is 1. The molecule has 0 aliphatic heterocycles. The van der Waals surface area contributed by atoms with Gasteiger partial charge in [-0.25, -0.2) is 15.0 Å². The highest BCUT2D eigenvalue weighted by molar-refractivity contribution is 5.82. The fraction of sp³-hybridized carbons (Fsp3) is 0.0714. The van der Waals surface area contributed by atoms with E-state index in [1.807, 2.05) is 30.3 Å². The Morgan fingerprint density at radius 1 is 1.00 bits per heavy atom. The van der Waals surface area contributed by atoms with Gasteiger partial charge in [0.25, 0.3) is 0 Å². The number of anilines is 1. The third kappa shape index (κ3) is 2.06. The van der Waals surface area contributed by atoms with Gasteiger partial charge in [0.05, 0.1) is 18.1 Å². The summed E-state index contributed by atoms with van der Waals surface area (Å²) in [5, 5.41) is 0.